The molecule has 1 unspecified atom stereocenters. The molecule has 0 spiro atoms. The molecule has 2 aromatic heterocycles. The smallest absolute Gasteiger partial charge is 0.329 e. The summed E-state index contributed by atoms with van der Waals surface area (Å²) in [7, 11) is 0. The molecule has 0 saturated heterocycles. The Morgan fingerprint density at radius 3 is 2.68 bits per heavy atom. The Labute approximate surface area is 151 Å². The van der Waals surface area contributed by atoms with Gasteiger partial charge in [0.1, 0.15) is 4.83 Å². The van der Waals surface area contributed by atoms with Gasteiger partial charge in [-0.3, -0.25) is 13.9 Å². The van der Waals surface area contributed by atoms with Crippen LogP contribution in [0, 0.1) is 12.8 Å². The fourth-order valence-electron chi connectivity index (χ4n) is 3.35. The Morgan fingerprint density at radius 1 is 1.36 bits per heavy atom. The van der Waals surface area contributed by atoms with Crippen LogP contribution in [0.4, 0.5) is 0 Å². The highest BCUT2D eigenvalue weighted by Crippen LogP contribution is 2.41. The lowest BCUT2D eigenvalue weighted by molar-refractivity contribution is 0.547. The molecular weight excluding hydrogens is 336 g/mol. The summed E-state index contributed by atoms with van der Waals surface area (Å²) >= 11 is 1.57. The molecule has 2 heterocycles. The molecule has 0 radical (unpaired) electrons. The molecule has 1 aliphatic rings. The van der Waals surface area contributed by atoms with Crippen molar-refractivity contribution in [3.8, 4) is 0 Å². The Bertz CT molecular complexity index is 880. The summed E-state index contributed by atoms with van der Waals surface area (Å²) in [4.78, 5) is 28.0. The van der Waals surface area contributed by atoms with E-state index in [1.807, 2.05) is 11.5 Å². The van der Waals surface area contributed by atoms with E-state index in [-0.39, 0.29) is 17.3 Å². The minimum atomic E-state index is -0.136. The van der Waals surface area contributed by atoms with Crippen LogP contribution < -0.4 is 22.3 Å². The van der Waals surface area contributed by atoms with Crippen molar-refractivity contribution in [1.29, 1.82) is 0 Å². The van der Waals surface area contributed by atoms with Gasteiger partial charge in [-0.15, -0.1) is 11.3 Å². The Morgan fingerprint density at radius 2 is 2.08 bits per heavy atom. The molecule has 0 aliphatic heterocycles. The van der Waals surface area contributed by atoms with Gasteiger partial charge < -0.3 is 11.1 Å². The number of nitrogens with one attached hydrogen (secondary N) is 1. The van der Waals surface area contributed by atoms with Gasteiger partial charge in [-0.1, -0.05) is 20.3 Å². The first-order chi connectivity index (χ1) is 12.0. The zero-order valence-corrected chi connectivity index (χ0v) is 16.1. The van der Waals surface area contributed by atoms with Crippen LogP contribution in [0.3, 0.4) is 0 Å². The van der Waals surface area contributed by atoms with Crippen LogP contribution >= 0.6 is 11.3 Å². The fourth-order valence-corrected chi connectivity index (χ4v) is 4.64. The lowest BCUT2D eigenvalue weighted by atomic mass is 10.2. The molecule has 3 N–H and O–H groups in total. The van der Waals surface area contributed by atoms with Crippen molar-refractivity contribution in [2.24, 2.45) is 11.7 Å². The SMILES string of the molecule is CCCCn1c(=O)n(C2C[C@@H]2C)c(=O)c2c(C)c(CNCCN)sc21. The van der Waals surface area contributed by atoms with Crippen LogP contribution in [0.25, 0.3) is 10.2 Å². The maximum absolute atomic E-state index is 13.1. The van der Waals surface area contributed by atoms with Crippen molar-refractivity contribution in [3.05, 3.63) is 31.3 Å². The van der Waals surface area contributed by atoms with Gasteiger partial charge in [0.25, 0.3) is 5.56 Å². The van der Waals surface area contributed by atoms with Gasteiger partial charge in [-0.2, -0.15) is 0 Å². The van der Waals surface area contributed by atoms with Crippen molar-refractivity contribution < 1.29 is 0 Å². The van der Waals surface area contributed by atoms with Crippen molar-refractivity contribution in [2.45, 2.75) is 59.2 Å². The number of hydrogen-bond acceptors (Lipinski definition) is 5. The summed E-state index contributed by atoms with van der Waals surface area (Å²) in [5.41, 5.74) is 6.30. The number of hydrogen-bond donors (Lipinski definition) is 2. The van der Waals surface area contributed by atoms with Crippen LogP contribution in [0.2, 0.25) is 0 Å². The van der Waals surface area contributed by atoms with Crippen LogP contribution in [0.1, 0.15) is 49.6 Å². The summed E-state index contributed by atoms with van der Waals surface area (Å²) in [5, 5.41) is 4.02. The molecule has 25 heavy (non-hydrogen) atoms. The van der Waals surface area contributed by atoms with E-state index in [1.165, 1.54) is 4.57 Å². The monoisotopic (exact) mass is 364 g/mol. The molecule has 1 aliphatic carbocycles. The average Bonchev–Trinajstić information content (AvgIpc) is 3.19. The van der Waals surface area contributed by atoms with E-state index in [0.717, 1.165) is 46.5 Å². The quantitative estimate of drug-likeness (QED) is 0.702. The van der Waals surface area contributed by atoms with E-state index in [1.54, 1.807) is 11.3 Å². The highest BCUT2D eigenvalue weighted by molar-refractivity contribution is 7.18. The first kappa shape index (κ1) is 18.4. The zero-order chi connectivity index (χ0) is 18.1. The molecule has 0 amide bonds. The topological polar surface area (TPSA) is 82.0 Å². The first-order valence-corrected chi connectivity index (χ1v) is 10.0. The highest BCUT2D eigenvalue weighted by atomic mass is 32.1. The van der Waals surface area contributed by atoms with E-state index in [2.05, 4.69) is 19.2 Å². The van der Waals surface area contributed by atoms with E-state index in [0.29, 0.717) is 25.6 Å². The number of aryl methyl sites for hydroxylation is 2. The fraction of sp³-hybridized carbons (Fsp3) is 0.667. The number of rotatable bonds is 8. The lowest BCUT2D eigenvalue weighted by Gasteiger charge is -2.11. The number of aromatic nitrogens is 2. The second-order valence-corrected chi connectivity index (χ2v) is 8.12. The number of nitrogens with two attached hydrogens (primary N) is 1. The summed E-state index contributed by atoms with van der Waals surface area (Å²) in [6, 6.07) is 0.0652. The van der Waals surface area contributed by atoms with Crippen LogP contribution in [-0.2, 0) is 13.1 Å². The molecule has 7 heteroatoms. The second-order valence-electron chi connectivity index (χ2n) is 7.04. The molecule has 2 atom stereocenters. The van der Waals surface area contributed by atoms with E-state index in [9.17, 15) is 9.59 Å². The van der Waals surface area contributed by atoms with E-state index in [4.69, 9.17) is 5.73 Å². The van der Waals surface area contributed by atoms with Crippen molar-refractivity contribution >= 4 is 21.6 Å². The van der Waals surface area contributed by atoms with Crippen molar-refractivity contribution in [3.63, 3.8) is 0 Å². The third-order valence-electron chi connectivity index (χ3n) is 5.08. The van der Waals surface area contributed by atoms with Gasteiger partial charge in [-0.05, 0) is 31.2 Å². The van der Waals surface area contributed by atoms with Gasteiger partial charge in [-0.25, -0.2) is 4.79 Å². The van der Waals surface area contributed by atoms with E-state index >= 15 is 0 Å². The number of unbranched alkanes of at least 4 members (excludes halogenated alkanes) is 1. The Kier molecular flexibility index (Phi) is 5.46. The van der Waals surface area contributed by atoms with Crippen LogP contribution in [0.15, 0.2) is 9.59 Å². The predicted molar refractivity (Wildman–Crippen MR) is 104 cm³/mol. The minimum absolute atomic E-state index is 0.0652. The van der Waals surface area contributed by atoms with Crippen LogP contribution in [0.5, 0.6) is 0 Å². The minimum Gasteiger partial charge on any atom is -0.329 e. The van der Waals surface area contributed by atoms with Gasteiger partial charge in [0, 0.05) is 37.1 Å². The van der Waals surface area contributed by atoms with Gasteiger partial charge in [0.05, 0.1) is 5.39 Å². The summed E-state index contributed by atoms with van der Waals surface area (Å²) in [6.07, 6.45) is 2.87. The maximum Gasteiger partial charge on any atom is 0.332 e. The largest absolute Gasteiger partial charge is 0.332 e. The highest BCUT2D eigenvalue weighted by Gasteiger charge is 2.38. The standard InChI is InChI=1S/C18H28N4O2S/c1-4-5-8-21-17-15(12(3)14(25-17)10-20-7-6-19)16(23)22(18(21)24)13-9-11(13)2/h11,13,20H,4-10,19H2,1-3H3/t11-,13?/m0/s1. The molecule has 2 aromatic rings. The molecule has 1 saturated carbocycles. The van der Waals surface area contributed by atoms with Crippen molar-refractivity contribution in [2.75, 3.05) is 13.1 Å². The molecule has 0 bridgehead atoms. The molecule has 138 valence electrons. The molecule has 3 rings (SSSR count). The lowest BCUT2D eigenvalue weighted by Crippen LogP contribution is -2.39. The Balaban J connectivity index is 2.17. The maximum atomic E-state index is 13.1. The third kappa shape index (κ3) is 3.32. The van der Waals surface area contributed by atoms with E-state index < -0.39 is 0 Å². The zero-order valence-electron chi connectivity index (χ0n) is 15.3. The molecule has 0 aromatic carbocycles. The second kappa shape index (κ2) is 7.43. The summed E-state index contributed by atoms with van der Waals surface area (Å²) in [5.74, 6) is 0.409. The number of thiophene rings is 1. The van der Waals surface area contributed by atoms with Gasteiger partial charge >= 0.3 is 5.69 Å². The van der Waals surface area contributed by atoms with Crippen LogP contribution in [-0.4, -0.2) is 22.2 Å². The molecule has 6 nitrogen and oxygen atoms in total. The summed E-state index contributed by atoms with van der Waals surface area (Å²) < 4.78 is 3.34. The summed E-state index contributed by atoms with van der Waals surface area (Å²) in [6.45, 7) is 8.88. The predicted octanol–water partition coefficient (Wildman–Crippen LogP) is 1.96. The average molecular weight is 365 g/mol. The number of fused-ring (bicyclic) bond motifs is 1. The molecule has 1 fully saturated rings. The normalized spacial score (nSPS) is 19.7. The van der Waals surface area contributed by atoms with Gasteiger partial charge in [0.2, 0.25) is 0 Å². The molecular formula is C18H28N4O2S. The number of nitrogens with zero attached hydrogens (tertiary/aromatic N) is 2. The van der Waals surface area contributed by atoms with Crippen molar-refractivity contribution in [1.82, 2.24) is 14.5 Å². The first-order valence-electron chi connectivity index (χ1n) is 9.19. The van der Waals surface area contributed by atoms with Gasteiger partial charge in [0.15, 0.2) is 0 Å². The third-order valence-corrected chi connectivity index (χ3v) is 6.40. The Hall–Kier alpha value is -1.44.